The first-order chi connectivity index (χ1) is 14.4. The Morgan fingerprint density at radius 2 is 1.90 bits per heavy atom. The lowest BCUT2D eigenvalue weighted by Gasteiger charge is -2.26. The summed E-state index contributed by atoms with van der Waals surface area (Å²) < 4.78 is 32.2. The monoisotopic (exact) mass is 414 g/mol. The van der Waals surface area contributed by atoms with E-state index in [2.05, 4.69) is 5.32 Å². The molecule has 1 unspecified atom stereocenters. The Kier molecular flexibility index (Phi) is 6.82. The summed E-state index contributed by atoms with van der Waals surface area (Å²) in [7, 11) is 1.58. The number of carbonyl (C=O) groups is 2. The molecule has 0 bridgehead atoms. The number of hydrogen-bond donors (Lipinski definition) is 1. The SMILES string of the molecule is COc1ccc(/C=C/C(=O)NC(C)C(=O)N(Cc2ccc(F)cc2F)C2CC2)cc1. The number of nitrogens with one attached hydrogen (secondary N) is 1. The van der Waals surface area contributed by atoms with Crippen LogP contribution in [-0.2, 0) is 16.1 Å². The number of ether oxygens (including phenoxy) is 1. The van der Waals surface area contributed by atoms with Crippen LogP contribution in [0, 0.1) is 11.6 Å². The third-order valence-electron chi connectivity index (χ3n) is 4.90. The first kappa shape index (κ1) is 21.5. The van der Waals surface area contributed by atoms with Crippen molar-refractivity contribution >= 4 is 17.9 Å². The largest absolute Gasteiger partial charge is 0.497 e. The number of amides is 2. The van der Waals surface area contributed by atoms with E-state index in [4.69, 9.17) is 4.74 Å². The Morgan fingerprint density at radius 1 is 1.20 bits per heavy atom. The Morgan fingerprint density at radius 3 is 2.50 bits per heavy atom. The molecule has 1 aliphatic carbocycles. The van der Waals surface area contributed by atoms with Gasteiger partial charge in [-0.15, -0.1) is 0 Å². The summed E-state index contributed by atoms with van der Waals surface area (Å²) in [5, 5.41) is 2.65. The summed E-state index contributed by atoms with van der Waals surface area (Å²) in [6.45, 7) is 1.63. The van der Waals surface area contributed by atoms with Crippen molar-refractivity contribution < 1.29 is 23.1 Å². The van der Waals surface area contributed by atoms with E-state index in [1.165, 1.54) is 18.2 Å². The molecule has 0 saturated heterocycles. The fourth-order valence-corrected chi connectivity index (χ4v) is 3.07. The van der Waals surface area contributed by atoms with Crippen LogP contribution >= 0.6 is 0 Å². The molecule has 2 aromatic rings. The number of hydrogen-bond acceptors (Lipinski definition) is 3. The quantitative estimate of drug-likeness (QED) is 0.671. The number of benzene rings is 2. The average Bonchev–Trinajstić information content (AvgIpc) is 3.56. The van der Waals surface area contributed by atoms with Crippen molar-refractivity contribution in [1.29, 1.82) is 0 Å². The highest BCUT2D eigenvalue weighted by Gasteiger charge is 2.35. The van der Waals surface area contributed by atoms with Gasteiger partial charge in [0.1, 0.15) is 23.4 Å². The second-order valence-electron chi connectivity index (χ2n) is 7.27. The third-order valence-corrected chi connectivity index (χ3v) is 4.90. The van der Waals surface area contributed by atoms with Crippen molar-refractivity contribution in [3.8, 4) is 5.75 Å². The van der Waals surface area contributed by atoms with Crippen LogP contribution in [0.5, 0.6) is 5.75 Å². The summed E-state index contributed by atoms with van der Waals surface area (Å²) >= 11 is 0. The molecule has 7 heteroatoms. The number of halogens is 2. The van der Waals surface area contributed by atoms with E-state index in [1.54, 1.807) is 37.1 Å². The molecule has 2 amide bonds. The van der Waals surface area contributed by atoms with E-state index >= 15 is 0 Å². The topological polar surface area (TPSA) is 58.6 Å². The van der Waals surface area contributed by atoms with Gasteiger partial charge in [0, 0.05) is 30.3 Å². The maximum absolute atomic E-state index is 14.0. The van der Waals surface area contributed by atoms with Crippen LogP contribution in [0.1, 0.15) is 30.9 Å². The molecule has 2 aromatic carbocycles. The Hall–Kier alpha value is -3.22. The van der Waals surface area contributed by atoms with E-state index in [-0.39, 0.29) is 24.1 Å². The van der Waals surface area contributed by atoms with Gasteiger partial charge in [-0.2, -0.15) is 0 Å². The molecular weight excluding hydrogens is 390 g/mol. The first-order valence-electron chi connectivity index (χ1n) is 9.74. The van der Waals surface area contributed by atoms with Crippen molar-refractivity contribution in [1.82, 2.24) is 10.2 Å². The maximum atomic E-state index is 14.0. The van der Waals surface area contributed by atoms with Gasteiger partial charge in [0.15, 0.2) is 0 Å². The van der Waals surface area contributed by atoms with Crippen LogP contribution < -0.4 is 10.1 Å². The van der Waals surface area contributed by atoms with E-state index in [0.717, 1.165) is 24.5 Å². The molecule has 3 rings (SSSR count). The smallest absolute Gasteiger partial charge is 0.245 e. The highest BCUT2D eigenvalue weighted by atomic mass is 19.1. The van der Waals surface area contributed by atoms with Gasteiger partial charge in [0.25, 0.3) is 0 Å². The molecule has 5 nitrogen and oxygen atoms in total. The second-order valence-corrected chi connectivity index (χ2v) is 7.27. The minimum Gasteiger partial charge on any atom is -0.497 e. The van der Waals surface area contributed by atoms with Gasteiger partial charge in [-0.3, -0.25) is 9.59 Å². The number of rotatable bonds is 8. The molecule has 1 atom stereocenters. The molecule has 158 valence electrons. The van der Waals surface area contributed by atoms with Crippen LogP contribution in [0.25, 0.3) is 6.08 Å². The van der Waals surface area contributed by atoms with Crippen molar-refractivity contribution in [2.45, 2.75) is 38.4 Å². The van der Waals surface area contributed by atoms with Gasteiger partial charge in [0.05, 0.1) is 7.11 Å². The number of nitrogens with zero attached hydrogens (tertiary/aromatic N) is 1. The maximum Gasteiger partial charge on any atom is 0.245 e. The summed E-state index contributed by atoms with van der Waals surface area (Å²) in [5.41, 5.74) is 1.06. The zero-order valence-electron chi connectivity index (χ0n) is 16.9. The third kappa shape index (κ3) is 5.65. The lowest BCUT2D eigenvalue weighted by Crippen LogP contribution is -2.47. The fraction of sp³-hybridized carbons (Fsp3) is 0.304. The van der Waals surface area contributed by atoms with E-state index in [0.29, 0.717) is 5.75 Å². The molecule has 1 saturated carbocycles. The molecule has 1 aliphatic rings. The Balaban J connectivity index is 1.60. The minimum absolute atomic E-state index is 0.0103. The summed E-state index contributed by atoms with van der Waals surface area (Å²) in [5.74, 6) is -1.34. The molecule has 0 aliphatic heterocycles. The molecule has 0 radical (unpaired) electrons. The van der Waals surface area contributed by atoms with Gasteiger partial charge >= 0.3 is 0 Å². The van der Waals surface area contributed by atoms with Crippen LogP contribution in [0.3, 0.4) is 0 Å². The summed E-state index contributed by atoms with van der Waals surface area (Å²) in [6, 6.07) is 9.74. The lowest BCUT2D eigenvalue weighted by molar-refractivity contribution is -0.136. The Labute approximate surface area is 174 Å². The zero-order chi connectivity index (χ0) is 21.7. The predicted octanol–water partition coefficient (Wildman–Crippen LogP) is 3.68. The summed E-state index contributed by atoms with van der Waals surface area (Å²) in [6.07, 6.45) is 4.64. The van der Waals surface area contributed by atoms with E-state index < -0.39 is 23.6 Å². The molecule has 0 spiro atoms. The van der Waals surface area contributed by atoms with Gasteiger partial charge in [-0.25, -0.2) is 8.78 Å². The summed E-state index contributed by atoms with van der Waals surface area (Å²) in [4.78, 5) is 26.6. The van der Waals surface area contributed by atoms with Crippen LogP contribution in [0.15, 0.2) is 48.5 Å². The highest BCUT2D eigenvalue weighted by molar-refractivity contribution is 5.95. The number of carbonyl (C=O) groups excluding carboxylic acids is 2. The predicted molar refractivity (Wildman–Crippen MR) is 110 cm³/mol. The molecule has 30 heavy (non-hydrogen) atoms. The van der Waals surface area contributed by atoms with Crippen LogP contribution in [0.2, 0.25) is 0 Å². The lowest BCUT2D eigenvalue weighted by atomic mass is 10.1. The van der Waals surface area contributed by atoms with Crippen molar-refractivity contribution in [3.63, 3.8) is 0 Å². The van der Waals surface area contributed by atoms with Crippen LogP contribution in [0.4, 0.5) is 8.78 Å². The minimum atomic E-state index is -0.776. The molecule has 0 aromatic heterocycles. The van der Waals surface area contributed by atoms with Gasteiger partial charge in [0.2, 0.25) is 11.8 Å². The van der Waals surface area contributed by atoms with Crippen molar-refractivity contribution in [2.24, 2.45) is 0 Å². The highest BCUT2D eigenvalue weighted by Crippen LogP contribution is 2.29. The molecule has 1 N–H and O–H groups in total. The molecule has 0 heterocycles. The van der Waals surface area contributed by atoms with Gasteiger partial charge in [-0.1, -0.05) is 18.2 Å². The van der Waals surface area contributed by atoms with E-state index in [1.807, 2.05) is 12.1 Å². The van der Waals surface area contributed by atoms with Gasteiger partial charge in [-0.05, 0) is 49.6 Å². The van der Waals surface area contributed by atoms with Crippen molar-refractivity contribution in [3.05, 3.63) is 71.3 Å². The van der Waals surface area contributed by atoms with Crippen LogP contribution in [-0.4, -0.2) is 35.9 Å². The second kappa shape index (κ2) is 9.52. The van der Waals surface area contributed by atoms with Gasteiger partial charge < -0.3 is 15.0 Å². The molecule has 1 fully saturated rings. The standard InChI is InChI=1S/C23H24F2N2O3/c1-15(26-22(28)12-5-16-3-10-20(30-2)11-4-16)23(29)27(19-8-9-19)14-17-6-7-18(24)13-21(17)25/h3-7,10-13,15,19H,8-9,14H2,1-2H3,(H,26,28)/b12-5+. The molecular formula is C23H24F2N2O3. The average molecular weight is 414 g/mol. The normalized spacial score (nSPS) is 14.4. The van der Waals surface area contributed by atoms with Crippen molar-refractivity contribution in [2.75, 3.05) is 7.11 Å². The fourth-order valence-electron chi connectivity index (χ4n) is 3.07. The first-order valence-corrected chi connectivity index (χ1v) is 9.74. The zero-order valence-corrected chi connectivity index (χ0v) is 16.9. The number of methoxy groups -OCH3 is 1. The van der Waals surface area contributed by atoms with E-state index in [9.17, 15) is 18.4 Å². The Bertz CT molecular complexity index is 940.